The standard InChI is InChI=1S/C21H29N3O3S/c1-15-7-5-8-16(13-15)20(25)23-17(10-12-28-4)21(26)22-14-18(24(2)3)19-9-6-11-27-19/h5-9,11,13,17-18H,10,12,14H2,1-4H3,(H,22,26)(H,23,25). The summed E-state index contributed by atoms with van der Waals surface area (Å²) < 4.78 is 5.48. The highest BCUT2D eigenvalue weighted by atomic mass is 32.2. The van der Waals surface area contributed by atoms with Gasteiger partial charge in [-0.2, -0.15) is 11.8 Å². The van der Waals surface area contributed by atoms with Crippen LogP contribution in [0.1, 0.15) is 34.1 Å². The van der Waals surface area contributed by atoms with Crippen LogP contribution in [0, 0.1) is 6.92 Å². The van der Waals surface area contributed by atoms with Gasteiger partial charge in [-0.3, -0.25) is 14.5 Å². The zero-order chi connectivity index (χ0) is 20.5. The normalized spacial score (nSPS) is 13.2. The third-order valence-electron chi connectivity index (χ3n) is 4.48. The van der Waals surface area contributed by atoms with E-state index in [0.29, 0.717) is 18.5 Å². The molecule has 6 nitrogen and oxygen atoms in total. The predicted molar refractivity (Wildman–Crippen MR) is 114 cm³/mol. The number of aryl methyl sites for hydroxylation is 1. The molecule has 1 aromatic heterocycles. The fourth-order valence-corrected chi connectivity index (χ4v) is 3.34. The second-order valence-electron chi connectivity index (χ2n) is 6.92. The van der Waals surface area contributed by atoms with E-state index >= 15 is 0 Å². The summed E-state index contributed by atoms with van der Waals surface area (Å²) >= 11 is 1.65. The van der Waals surface area contributed by atoms with Crippen LogP contribution < -0.4 is 10.6 Å². The van der Waals surface area contributed by atoms with Crippen LogP contribution >= 0.6 is 11.8 Å². The molecule has 0 radical (unpaired) electrons. The minimum absolute atomic E-state index is 0.0763. The van der Waals surface area contributed by atoms with E-state index in [-0.39, 0.29) is 17.9 Å². The molecule has 0 fully saturated rings. The van der Waals surface area contributed by atoms with Gasteiger partial charge in [-0.1, -0.05) is 17.7 Å². The van der Waals surface area contributed by atoms with Crippen molar-refractivity contribution in [2.24, 2.45) is 0 Å². The Kier molecular flexibility index (Phi) is 8.60. The maximum absolute atomic E-state index is 12.8. The topological polar surface area (TPSA) is 74.6 Å². The smallest absolute Gasteiger partial charge is 0.251 e. The van der Waals surface area contributed by atoms with Crippen molar-refractivity contribution in [3.05, 3.63) is 59.5 Å². The van der Waals surface area contributed by atoms with Crippen LogP contribution in [0.2, 0.25) is 0 Å². The third kappa shape index (κ3) is 6.42. The molecule has 2 N–H and O–H groups in total. The molecule has 1 aromatic carbocycles. The number of nitrogens with one attached hydrogen (secondary N) is 2. The highest BCUT2D eigenvalue weighted by Crippen LogP contribution is 2.17. The van der Waals surface area contributed by atoms with Gasteiger partial charge < -0.3 is 15.1 Å². The number of likely N-dealkylation sites (N-methyl/N-ethyl adjacent to an activating group) is 1. The Bertz CT molecular complexity index is 762. The summed E-state index contributed by atoms with van der Waals surface area (Å²) in [6.07, 6.45) is 4.17. The molecule has 28 heavy (non-hydrogen) atoms. The number of benzene rings is 1. The number of hydrogen-bond donors (Lipinski definition) is 2. The van der Waals surface area contributed by atoms with Gasteiger partial charge in [0.1, 0.15) is 11.8 Å². The van der Waals surface area contributed by atoms with Gasteiger partial charge in [-0.15, -0.1) is 0 Å². The van der Waals surface area contributed by atoms with Gasteiger partial charge in [0.25, 0.3) is 5.91 Å². The number of amides is 2. The van der Waals surface area contributed by atoms with Crippen LogP contribution in [0.15, 0.2) is 47.1 Å². The molecule has 7 heteroatoms. The van der Waals surface area contributed by atoms with E-state index in [0.717, 1.165) is 17.1 Å². The number of nitrogens with zero attached hydrogens (tertiary/aromatic N) is 1. The lowest BCUT2D eigenvalue weighted by Crippen LogP contribution is -2.48. The van der Waals surface area contributed by atoms with Crippen molar-refractivity contribution in [1.29, 1.82) is 0 Å². The fraction of sp³-hybridized carbons (Fsp3) is 0.429. The van der Waals surface area contributed by atoms with Crippen molar-refractivity contribution in [1.82, 2.24) is 15.5 Å². The second kappa shape index (κ2) is 10.9. The average Bonchev–Trinajstić information content (AvgIpc) is 3.19. The van der Waals surface area contributed by atoms with Gasteiger partial charge in [0, 0.05) is 12.1 Å². The molecule has 0 saturated heterocycles. The first-order chi connectivity index (χ1) is 13.4. The van der Waals surface area contributed by atoms with Crippen LogP contribution in [-0.2, 0) is 4.79 Å². The van der Waals surface area contributed by atoms with Crippen molar-refractivity contribution in [2.75, 3.05) is 32.6 Å². The Morgan fingerprint density at radius 1 is 1.21 bits per heavy atom. The van der Waals surface area contributed by atoms with Crippen molar-refractivity contribution in [2.45, 2.75) is 25.4 Å². The number of thioether (sulfide) groups is 1. The molecule has 152 valence electrons. The van der Waals surface area contributed by atoms with Gasteiger partial charge in [0.2, 0.25) is 5.91 Å². The summed E-state index contributed by atoms with van der Waals surface area (Å²) in [4.78, 5) is 27.4. The van der Waals surface area contributed by atoms with E-state index in [1.165, 1.54) is 0 Å². The van der Waals surface area contributed by atoms with E-state index in [2.05, 4.69) is 10.6 Å². The Balaban J connectivity index is 2.02. The summed E-state index contributed by atoms with van der Waals surface area (Å²) in [6.45, 7) is 2.33. The zero-order valence-corrected chi connectivity index (χ0v) is 17.7. The molecule has 0 aliphatic rings. The van der Waals surface area contributed by atoms with Crippen LogP contribution in [0.25, 0.3) is 0 Å². The van der Waals surface area contributed by atoms with E-state index in [1.54, 1.807) is 24.1 Å². The number of carbonyl (C=O) groups excluding carboxylic acids is 2. The first-order valence-corrected chi connectivity index (χ1v) is 10.7. The van der Waals surface area contributed by atoms with Gasteiger partial charge in [-0.25, -0.2) is 0 Å². The maximum Gasteiger partial charge on any atom is 0.251 e. The van der Waals surface area contributed by atoms with E-state index in [1.807, 2.05) is 62.5 Å². The minimum atomic E-state index is -0.583. The summed E-state index contributed by atoms with van der Waals surface area (Å²) in [5.41, 5.74) is 1.56. The van der Waals surface area contributed by atoms with Crippen molar-refractivity contribution >= 4 is 23.6 Å². The lowest BCUT2D eigenvalue weighted by Gasteiger charge is -2.24. The lowest BCUT2D eigenvalue weighted by atomic mass is 10.1. The van der Waals surface area contributed by atoms with Gasteiger partial charge in [0.05, 0.1) is 12.3 Å². The number of rotatable bonds is 10. The van der Waals surface area contributed by atoms with Gasteiger partial charge >= 0.3 is 0 Å². The molecule has 2 aromatic rings. The number of hydrogen-bond acceptors (Lipinski definition) is 5. The Hall–Kier alpha value is -2.25. The molecule has 0 spiro atoms. The number of furan rings is 1. The fourth-order valence-electron chi connectivity index (χ4n) is 2.87. The van der Waals surface area contributed by atoms with Crippen LogP contribution in [0.4, 0.5) is 0 Å². The van der Waals surface area contributed by atoms with Crippen LogP contribution in [0.3, 0.4) is 0 Å². The summed E-state index contributed by atoms with van der Waals surface area (Å²) in [6, 6.07) is 10.4. The average molecular weight is 404 g/mol. The lowest BCUT2D eigenvalue weighted by molar-refractivity contribution is -0.123. The molecule has 1 heterocycles. The summed E-state index contributed by atoms with van der Waals surface area (Å²) in [7, 11) is 3.87. The molecule has 0 aliphatic carbocycles. The van der Waals surface area contributed by atoms with Crippen molar-refractivity contribution in [3.63, 3.8) is 0 Å². The van der Waals surface area contributed by atoms with Crippen LogP contribution in [0.5, 0.6) is 0 Å². The largest absolute Gasteiger partial charge is 0.468 e. The van der Waals surface area contributed by atoms with Gasteiger partial charge in [-0.05, 0) is 63.7 Å². The molecular weight excluding hydrogens is 374 g/mol. The molecule has 0 bridgehead atoms. The minimum Gasteiger partial charge on any atom is -0.468 e. The maximum atomic E-state index is 12.8. The highest BCUT2D eigenvalue weighted by molar-refractivity contribution is 7.98. The molecule has 0 aliphatic heterocycles. The van der Waals surface area contributed by atoms with Crippen molar-refractivity contribution in [3.8, 4) is 0 Å². The molecule has 0 saturated carbocycles. The van der Waals surface area contributed by atoms with Gasteiger partial charge in [0.15, 0.2) is 0 Å². The second-order valence-corrected chi connectivity index (χ2v) is 7.90. The highest BCUT2D eigenvalue weighted by Gasteiger charge is 2.24. The number of carbonyl (C=O) groups is 2. The quantitative estimate of drug-likeness (QED) is 0.638. The molecule has 2 unspecified atom stereocenters. The molecule has 2 atom stereocenters. The summed E-state index contributed by atoms with van der Waals surface area (Å²) in [5, 5.41) is 5.85. The molecular formula is C21H29N3O3S. The first kappa shape index (κ1) is 22.0. The Labute approximate surface area is 171 Å². The Morgan fingerprint density at radius 2 is 2.00 bits per heavy atom. The SMILES string of the molecule is CSCCC(NC(=O)c1cccc(C)c1)C(=O)NCC(c1ccco1)N(C)C. The third-order valence-corrected chi connectivity index (χ3v) is 5.12. The van der Waals surface area contributed by atoms with Crippen molar-refractivity contribution < 1.29 is 14.0 Å². The van der Waals surface area contributed by atoms with E-state index in [4.69, 9.17) is 4.42 Å². The predicted octanol–water partition coefficient (Wildman–Crippen LogP) is 2.86. The van der Waals surface area contributed by atoms with E-state index < -0.39 is 6.04 Å². The zero-order valence-electron chi connectivity index (χ0n) is 16.9. The van der Waals surface area contributed by atoms with E-state index in [9.17, 15) is 9.59 Å². The Morgan fingerprint density at radius 3 is 2.61 bits per heavy atom. The monoisotopic (exact) mass is 403 g/mol. The van der Waals surface area contributed by atoms with Crippen LogP contribution in [-0.4, -0.2) is 55.4 Å². The first-order valence-electron chi connectivity index (χ1n) is 9.26. The molecule has 2 amide bonds. The molecule has 2 rings (SSSR count). The summed E-state index contributed by atoms with van der Waals surface area (Å²) in [5.74, 6) is 1.14.